The predicted octanol–water partition coefficient (Wildman–Crippen LogP) is 2.31. The van der Waals surface area contributed by atoms with Crippen molar-refractivity contribution in [3.05, 3.63) is 40.5 Å². The van der Waals surface area contributed by atoms with Gasteiger partial charge in [-0.15, -0.1) is 0 Å². The van der Waals surface area contributed by atoms with Crippen LogP contribution < -0.4 is 0 Å². The zero-order chi connectivity index (χ0) is 9.54. The van der Waals surface area contributed by atoms with Crippen molar-refractivity contribution >= 4 is 11.9 Å². The SMILES string of the molecule is O=C1CCc2ccc3c(c2C1)C=CC3. The standard InChI is InChI=1S/C13H12O/c14-11-7-6-10-5-4-9-2-1-3-12(9)13(10)8-11/h1,3-5H,2,6-8H2. The number of ketones is 1. The fourth-order valence-corrected chi connectivity index (χ4v) is 2.45. The summed E-state index contributed by atoms with van der Waals surface area (Å²) in [5.74, 6) is 0.395. The minimum Gasteiger partial charge on any atom is -0.299 e. The normalized spacial score (nSPS) is 18.1. The highest BCUT2D eigenvalue weighted by atomic mass is 16.1. The molecule has 70 valence electrons. The molecular weight excluding hydrogens is 172 g/mol. The minimum absolute atomic E-state index is 0.395. The second-order valence-electron chi connectivity index (χ2n) is 4.10. The molecule has 0 bridgehead atoms. The van der Waals surface area contributed by atoms with Gasteiger partial charge in [-0.25, -0.2) is 0 Å². The number of hydrogen-bond acceptors (Lipinski definition) is 1. The summed E-state index contributed by atoms with van der Waals surface area (Å²) in [5.41, 5.74) is 5.40. The smallest absolute Gasteiger partial charge is 0.137 e. The first kappa shape index (κ1) is 7.98. The van der Waals surface area contributed by atoms with E-state index in [0.717, 1.165) is 19.3 Å². The molecule has 0 radical (unpaired) electrons. The average molecular weight is 184 g/mol. The third kappa shape index (κ3) is 1.05. The third-order valence-electron chi connectivity index (χ3n) is 3.21. The number of hydrogen-bond donors (Lipinski definition) is 0. The van der Waals surface area contributed by atoms with Gasteiger partial charge in [0.25, 0.3) is 0 Å². The highest BCUT2D eigenvalue weighted by molar-refractivity contribution is 5.85. The van der Waals surface area contributed by atoms with Crippen molar-refractivity contribution in [1.29, 1.82) is 0 Å². The first-order valence-electron chi connectivity index (χ1n) is 5.16. The minimum atomic E-state index is 0.395. The molecule has 2 aliphatic carbocycles. The van der Waals surface area contributed by atoms with Gasteiger partial charge in [0, 0.05) is 12.8 Å². The molecule has 0 spiro atoms. The highest BCUT2D eigenvalue weighted by Crippen LogP contribution is 2.30. The maximum Gasteiger partial charge on any atom is 0.137 e. The second-order valence-corrected chi connectivity index (χ2v) is 4.10. The van der Waals surface area contributed by atoms with Gasteiger partial charge in [-0.3, -0.25) is 4.79 Å². The Kier molecular flexibility index (Phi) is 1.60. The van der Waals surface area contributed by atoms with E-state index in [-0.39, 0.29) is 0 Å². The fraction of sp³-hybridized carbons (Fsp3) is 0.308. The average Bonchev–Trinajstić information content (AvgIpc) is 2.65. The number of rotatable bonds is 0. The van der Waals surface area contributed by atoms with Crippen molar-refractivity contribution in [2.75, 3.05) is 0 Å². The molecule has 1 aromatic carbocycles. The fourth-order valence-electron chi connectivity index (χ4n) is 2.45. The van der Waals surface area contributed by atoms with E-state index in [0.29, 0.717) is 12.2 Å². The molecule has 1 aromatic rings. The summed E-state index contributed by atoms with van der Waals surface area (Å²) in [6.45, 7) is 0. The van der Waals surface area contributed by atoms with Crippen molar-refractivity contribution < 1.29 is 4.79 Å². The second kappa shape index (κ2) is 2.81. The summed E-state index contributed by atoms with van der Waals surface area (Å²) in [4.78, 5) is 11.4. The van der Waals surface area contributed by atoms with Crippen LogP contribution in [0.1, 0.15) is 28.7 Å². The van der Waals surface area contributed by atoms with Gasteiger partial charge >= 0.3 is 0 Å². The number of aryl methyl sites for hydroxylation is 1. The van der Waals surface area contributed by atoms with Gasteiger partial charge in [-0.05, 0) is 35.1 Å². The van der Waals surface area contributed by atoms with Crippen LogP contribution in [0, 0.1) is 0 Å². The van der Waals surface area contributed by atoms with Gasteiger partial charge in [-0.1, -0.05) is 24.3 Å². The van der Waals surface area contributed by atoms with Gasteiger partial charge in [0.1, 0.15) is 5.78 Å². The Morgan fingerprint density at radius 2 is 1.93 bits per heavy atom. The zero-order valence-corrected chi connectivity index (χ0v) is 8.05. The molecule has 3 rings (SSSR count). The molecule has 1 nitrogen and oxygen atoms in total. The summed E-state index contributed by atoms with van der Waals surface area (Å²) in [6.07, 6.45) is 7.72. The lowest BCUT2D eigenvalue weighted by molar-refractivity contribution is -0.118. The molecule has 2 aliphatic rings. The van der Waals surface area contributed by atoms with Crippen molar-refractivity contribution in [2.24, 2.45) is 0 Å². The van der Waals surface area contributed by atoms with E-state index in [9.17, 15) is 4.79 Å². The molecule has 0 unspecified atom stereocenters. The van der Waals surface area contributed by atoms with E-state index in [1.807, 2.05) is 0 Å². The first-order valence-corrected chi connectivity index (χ1v) is 5.16. The molecule has 0 aromatic heterocycles. The molecule has 1 heteroatoms. The number of allylic oxidation sites excluding steroid dienone is 1. The Morgan fingerprint density at radius 3 is 2.86 bits per heavy atom. The number of Topliss-reactive ketones (excluding diaryl/α,β-unsaturated/α-hetero) is 1. The molecule has 0 atom stereocenters. The quantitative estimate of drug-likeness (QED) is 0.604. The highest BCUT2D eigenvalue weighted by Gasteiger charge is 2.20. The topological polar surface area (TPSA) is 17.1 Å². The van der Waals surface area contributed by atoms with E-state index < -0.39 is 0 Å². The van der Waals surface area contributed by atoms with E-state index >= 15 is 0 Å². The number of carbonyl (C=O) groups is 1. The van der Waals surface area contributed by atoms with Crippen LogP contribution in [0.4, 0.5) is 0 Å². The maximum absolute atomic E-state index is 11.4. The Morgan fingerprint density at radius 1 is 1.07 bits per heavy atom. The van der Waals surface area contributed by atoms with Crippen LogP contribution in [-0.4, -0.2) is 5.78 Å². The number of fused-ring (bicyclic) bond motifs is 3. The predicted molar refractivity (Wildman–Crippen MR) is 56.2 cm³/mol. The number of carbonyl (C=O) groups excluding carboxylic acids is 1. The van der Waals surface area contributed by atoms with Crippen molar-refractivity contribution in [3.8, 4) is 0 Å². The monoisotopic (exact) mass is 184 g/mol. The summed E-state index contributed by atoms with van der Waals surface area (Å²) in [5, 5.41) is 0. The van der Waals surface area contributed by atoms with Crippen LogP contribution in [0.25, 0.3) is 6.08 Å². The summed E-state index contributed by atoms with van der Waals surface area (Å²) >= 11 is 0. The lowest BCUT2D eigenvalue weighted by Crippen LogP contribution is -2.14. The van der Waals surface area contributed by atoms with Crippen LogP contribution in [0.2, 0.25) is 0 Å². The lowest BCUT2D eigenvalue weighted by atomic mass is 9.86. The van der Waals surface area contributed by atoms with Crippen LogP contribution in [-0.2, 0) is 24.1 Å². The van der Waals surface area contributed by atoms with Crippen LogP contribution in [0.15, 0.2) is 18.2 Å². The molecule has 0 aliphatic heterocycles. The molecule has 0 N–H and O–H groups in total. The van der Waals surface area contributed by atoms with Gasteiger partial charge in [-0.2, -0.15) is 0 Å². The molecule has 0 fully saturated rings. The van der Waals surface area contributed by atoms with E-state index in [1.54, 1.807) is 0 Å². The van der Waals surface area contributed by atoms with Gasteiger partial charge in [0.05, 0.1) is 0 Å². The van der Waals surface area contributed by atoms with Gasteiger partial charge < -0.3 is 0 Å². The Balaban J connectivity index is 2.20. The molecule has 0 heterocycles. The van der Waals surface area contributed by atoms with E-state index in [1.165, 1.54) is 22.3 Å². The zero-order valence-electron chi connectivity index (χ0n) is 8.05. The summed E-state index contributed by atoms with van der Waals surface area (Å²) in [7, 11) is 0. The lowest BCUT2D eigenvalue weighted by Gasteiger charge is -2.17. The molecular formula is C13H12O. The van der Waals surface area contributed by atoms with E-state index in [2.05, 4.69) is 24.3 Å². The molecule has 14 heavy (non-hydrogen) atoms. The van der Waals surface area contributed by atoms with Crippen molar-refractivity contribution in [3.63, 3.8) is 0 Å². The van der Waals surface area contributed by atoms with Crippen molar-refractivity contribution in [1.82, 2.24) is 0 Å². The van der Waals surface area contributed by atoms with Crippen LogP contribution in [0.3, 0.4) is 0 Å². The maximum atomic E-state index is 11.4. The number of benzene rings is 1. The summed E-state index contributed by atoms with van der Waals surface area (Å²) in [6, 6.07) is 4.41. The molecule has 0 saturated heterocycles. The molecule has 0 amide bonds. The first-order chi connectivity index (χ1) is 6.84. The Labute approximate surface area is 83.4 Å². The van der Waals surface area contributed by atoms with Gasteiger partial charge in [0.2, 0.25) is 0 Å². The third-order valence-corrected chi connectivity index (χ3v) is 3.21. The largest absolute Gasteiger partial charge is 0.299 e. The Bertz CT molecular complexity index is 441. The van der Waals surface area contributed by atoms with E-state index in [4.69, 9.17) is 0 Å². The Hall–Kier alpha value is -1.37. The van der Waals surface area contributed by atoms with Crippen LogP contribution in [0.5, 0.6) is 0 Å². The summed E-state index contributed by atoms with van der Waals surface area (Å²) < 4.78 is 0. The molecule has 0 saturated carbocycles. The van der Waals surface area contributed by atoms with Crippen LogP contribution >= 0.6 is 0 Å². The van der Waals surface area contributed by atoms with Gasteiger partial charge in [0.15, 0.2) is 0 Å². The van der Waals surface area contributed by atoms with Crippen molar-refractivity contribution in [2.45, 2.75) is 25.7 Å².